The lowest BCUT2D eigenvalue weighted by Crippen LogP contribution is -2.20. The van der Waals surface area contributed by atoms with Gasteiger partial charge in [0.2, 0.25) is 5.95 Å². The number of benzene rings is 1. The lowest BCUT2D eigenvalue weighted by Gasteiger charge is -2.25. The van der Waals surface area contributed by atoms with Gasteiger partial charge in [0, 0.05) is 36.7 Å². The second kappa shape index (κ2) is 7.36. The molecule has 1 aliphatic heterocycles. The van der Waals surface area contributed by atoms with E-state index in [1.165, 1.54) is 6.33 Å². The van der Waals surface area contributed by atoms with E-state index in [-0.39, 0.29) is 6.04 Å². The predicted molar refractivity (Wildman–Crippen MR) is 115 cm³/mol. The zero-order valence-corrected chi connectivity index (χ0v) is 17.1. The molecule has 31 heavy (non-hydrogen) atoms. The molecule has 0 bridgehead atoms. The van der Waals surface area contributed by atoms with Crippen LogP contribution < -0.4 is 0 Å². The molecule has 4 aromatic heterocycles. The van der Waals surface area contributed by atoms with Crippen LogP contribution in [0.15, 0.2) is 49.4 Å². The van der Waals surface area contributed by atoms with Crippen LogP contribution in [0.3, 0.4) is 0 Å². The molecule has 5 heterocycles. The number of halogens is 1. The molecule has 1 saturated heterocycles. The van der Waals surface area contributed by atoms with Crippen LogP contribution in [0, 0.1) is 0 Å². The molecule has 9 nitrogen and oxygen atoms in total. The second-order valence-electron chi connectivity index (χ2n) is 7.40. The molecule has 0 aliphatic carbocycles. The van der Waals surface area contributed by atoms with Crippen LogP contribution in [0.25, 0.3) is 39.5 Å². The quantitative estimate of drug-likeness (QED) is 0.429. The van der Waals surface area contributed by atoms with Gasteiger partial charge in [-0.1, -0.05) is 11.6 Å². The number of imidazole rings is 2. The van der Waals surface area contributed by atoms with Crippen LogP contribution in [-0.2, 0) is 4.74 Å². The molecule has 0 saturated carbocycles. The fraction of sp³-hybridized carbons (Fsp3) is 0.238. The lowest BCUT2D eigenvalue weighted by atomic mass is 10.1. The third kappa shape index (κ3) is 3.13. The summed E-state index contributed by atoms with van der Waals surface area (Å²) in [6.45, 7) is 1.41. The van der Waals surface area contributed by atoms with E-state index in [1.807, 2.05) is 22.8 Å². The Morgan fingerprint density at radius 1 is 0.968 bits per heavy atom. The van der Waals surface area contributed by atoms with Gasteiger partial charge in [-0.15, -0.1) is 0 Å². The third-order valence-corrected chi connectivity index (χ3v) is 5.75. The van der Waals surface area contributed by atoms with Crippen LogP contribution in [0.1, 0.15) is 18.9 Å². The predicted octanol–water partition coefficient (Wildman–Crippen LogP) is 3.63. The van der Waals surface area contributed by atoms with E-state index in [1.54, 1.807) is 24.9 Å². The number of ether oxygens (including phenoxy) is 1. The SMILES string of the molecule is Clc1ccc2ncn(-c3ncc4nc(-c5cncnc5)n(C5CCOCC5)c4n3)c2c1. The van der Waals surface area contributed by atoms with Crippen LogP contribution in [-0.4, -0.2) is 52.3 Å². The monoisotopic (exact) mass is 432 g/mol. The van der Waals surface area contributed by atoms with Crippen molar-refractivity contribution in [2.75, 3.05) is 13.2 Å². The maximum Gasteiger partial charge on any atom is 0.237 e. The summed E-state index contributed by atoms with van der Waals surface area (Å²) in [6.07, 6.45) is 10.3. The fourth-order valence-electron chi connectivity index (χ4n) is 4.05. The van der Waals surface area contributed by atoms with Gasteiger partial charge in [-0.3, -0.25) is 4.57 Å². The minimum Gasteiger partial charge on any atom is -0.381 e. The van der Waals surface area contributed by atoms with Crippen LogP contribution >= 0.6 is 11.6 Å². The standard InChI is InChI=1S/C21H17ClN8O/c22-14-1-2-16-18(7-14)29(12-26-16)21-25-10-17-20(28-21)30(15-3-5-31-6-4-15)19(27-17)13-8-23-11-24-9-13/h1-2,7-12,15H,3-6H2. The number of rotatable bonds is 3. The molecule has 0 atom stereocenters. The van der Waals surface area contributed by atoms with Crippen molar-refractivity contribution in [3.8, 4) is 17.3 Å². The first-order chi connectivity index (χ1) is 15.3. The Kier molecular flexibility index (Phi) is 4.36. The highest BCUT2D eigenvalue weighted by atomic mass is 35.5. The van der Waals surface area contributed by atoms with Crippen molar-refractivity contribution in [1.29, 1.82) is 0 Å². The molecule has 0 radical (unpaired) electrons. The van der Waals surface area contributed by atoms with Gasteiger partial charge in [-0.05, 0) is 31.0 Å². The Bertz CT molecular complexity index is 1390. The normalized spacial score (nSPS) is 15.1. The van der Waals surface area contributed by atoms with Crippen molar-refractivity contribution in [2.24, 2.45) is 0 Å². The first kappa shape index (κ1) is 18.3. The summed E-state index contributed by atoms with van der Waals surface area (Å²) in [6, 6.07) is 5.78. The van der Waals surface area contributed by atoms with Crippen molar-refractivity contribution in [2.45, 2.75) is 18.9 Å². The highest BCUT2D eigenvalue weighted by molar-refractivity contribution is 6.31. The average Bonchev–Trinajstić information content (AvgIpc) is 3.41. The molecule has 0 N–H and O–H groups in total. The number of aromatic nitrogens is 8. The first-order valence-corrected chi connectivity index (χ1v) is 10.4. The molecule has 1 aromatic carbocycles. The van der Waals surface area contributed by atoms with Crippen LogP contribution in [0.5, 0.6) is 0 Å². The molecule has 1 aliphatic rings. The zero-order chi connectivity index (χ0) is 20.8. The van der Waals surface area contributed by atoms with E-state index >= 15 is 0 Å². The fourth-order valence-corrected chi connectivity index (χ4v) is 4.21. The highest BCUT2D eigenvalue weighted by Gasteiger charge is 2.24. The van der Waals surface area contributed by atoms with Crippen molar-refractivity contribution in [1.82, 2.24) is 39.0 Å². The Hall–Kier alpha value is -3.43. The number of nitrogens with zero attached hydrogens (tertiary/aromatic N) is 8. The molecule has 154 valence electrons. The Morgan fingerprint density at radius 2 is 1.81 bits per heavy atom. The van der Waals surface area contributed by atoms with Gasteiger partial charge in [0.05, 0.1) is 22.8 Å². The number of hydrogen-bond acceptors (Lipinski definition) is 7. The highest BCUT2D eigenvalue weighted by Crippen LogP contribution is 2.32. The average molecular weight is 433 g/mol. The van der Waals surface area contributed by atoms with Crippen LogP contribution in [0.2, 0.25) is 5.02 Å². The summed E-state index contributed by atoms with van der Waals surface area (Å²) < 4.78 is 9.60. The van der Waals surface area contributed by atoms with Gasteiger partial charge in [0.25, 0.3) is 0 Å². The van der Waals surface area contributed by atoms with Gasteiger partial charge < -0.3 is 9.30 Å². The summed E-state index contributed by atoms with van der Waals surface area (Å²) in [5.74, 6) is 1.30. The summed E-state index contributed by atoms with van der Waals surface area (Å²) in [5.41, 5.74) is 4.00. The number of fused-ring (bicyclic) bond motifs is 2. The molecular formula is C21H17ClN8O. The van der Waals surface area contributed by atoms with Gasteiger partial charge in [-0.2, -0.15) is 4.98 Å². The lowest BCUT2D eigenvalue weighted by molar-refractivity contribution is 0.0708. The molecular weight excluding hydrogens is 416 g/mol. The summed E-state index contributed by atoms with van der Waals surface area (Å²) in [5, 5.41) is 0.633. The maximum atomic E-state index is 6.21. The Morgan fingerprint density at radius 3 is 2.65 bits per heavy atom. The molecule has 10 heteroatoms. The van der Waals surface area contributed by atoms with Gasteiger partial charge in [0.1, 0.15) is 24.0 Å². The maximum absolute atomic E-state index is 6.21. The Balaban J connectivity index is 1.57. The zero-order valence-electron chi connectivity index (χ0n) is 16.4. The van der Waals surface area contributed by atoms with Crippen molar-refractivity contribution in [3.05, 3.63) is 54.5 Å². The molecule has 0 unspecified atom stereocenters. The van der Waals surface area contributed by atoms with E-state index in [9.17, 15) is 0 Å². The molecule has 6 rings (SSSR count). The molecule has 0 spiro atoms. The smallest absolute Gasteiger partial charge is 0.237 e. The minimum absolute atomic E-state index is 0.214. The van der Waals surface area contributed by atoms with E-state index in [0.29, 0.717) is 24.2 Å². The summed E-state index contributed by atoms with van der Waals surface area (Å²) in [7, 11) is 0. The van der Waals surface area contributed by atoms with Gasteiger partial charge in [0.15, 0.2) is 5.65 Å². The van der Waals surface area contributed by atoms with E-state index in [4.69, 9.17) is 26.3 Å². The minimum atomic E-state index is 0.214. The largest absolute Gasteiger partial charge is 0.381 e. The number of hydrogen-bond donors (Lipinski definition) is 0. The molecule has 1 fully saturated rings. The topological polar surface area (TPSA) is 96.4 Å². The van der Waals surface area contributed by atoms with Gasteiger partial charge in [-0.25, -0.2) is 24.9 Å². The van der Waals surface area contributed by atoms with Gasteiger partial charge >= 0.3 is 0 Å². The van der Waals surface area contributed by atoms with E-state index < -0.39 is 0 Å². The van der Waals surface area contributed by atoms with Crippen molar-refractivity contribution < 1.29 is 4.74 Å². The second-order valence-corrected chi connectivity index (χ2v) is 7.84. The van der Waals surface area contributed by atoms with Crippen LogP contribution in [0.4, 0.5) is 0 Å². The molecule has 5 aromatic rings. The van der Waals surface area contributed by atoms with E-state index in [2.05, 4.69) is 24.5 Å². The third-order valence-electron chi connectivity index (χ3n) is 5.52. The van der Waals surface area contributed by atoms with Crippen molar-refractivity contribution in [3.63, 3.8) is 0 Å². The first-order valence-electron chi connectivity index (χ1n) is 9.99. The molecule has 0 amide bonds. The Labute approximate surface area is 181 Å². The van der Waals surface area contributed by atoms with E-state index in [0.717, 1.165) is 46.4 Å². The van der Waals surface area contributed by atoms with Crippen molar-refractivity contribution >= 4 is 33.8 Å². The summed E-state index contributed by atoms with van der Waals surface area (Å²) in [4.78, 5) is 27.1. The summed E-state index contributed by atoms with van der Waals surface area (Å²) >= 11 is 6.21.